The second-order valence-corrected chi connectivity index (χ2v) is 9.77. The molecule has 0 rings (SSSR count). The molecule has 0 spiro atoms. The molecule has 76 valence electrons. The van der Waals surface area contributed by atoms with Crippen LogP contribution in [0.5, 0.6) is 0 Å². The van der Waals surface area contributed by atoms with E-state index in [4.69, 9.17) is 4.12 Å². The molecule has 0 aromatic heterocycles. The predicted molar refractivity (Wildman–Crippen MR) is 58.8 cm³/mol. The summed E-state index contributed by atoms with van der Waals surface area (Å²) >= 11 is 0. The van der Waals surface area contributed by atoms with E-state index in [9.17, 15) is 9.59 Å². The van der Waals surface area contributed by atoms with Crippen LogP contribution < -0.4 is 0 Å². The molecule has 0 aliphatic heterocycles. The normalized spacial score (nSPS) is 20.0. The van der Waals surface area contributed by atoms with E-state index >= 15 is 0 Å². The molecule has 0 amide bonds. The minimum Gasteiger partial charge on any atom is -0.414 e. The Morgan fingerprint density at radius 2 is 1.38 bits per heavy atom. The zero-order valence-electron chi connectivity index (χ0n) is 8.29. The van der Waals surface area contributed by atoms with E-state index in [0.717, 1.165) is 0 Å². The van der Waals surface area contributed by atoms with Crippen molar-refractivity contribution >= 4 is 17.1 Å². The maximum Gasteiger partial charge on any atom is 0.327 e. The Labute approximate surface area is 81.9 Å². The van der Waals surface area contributed by atoms with Crippen LogP contribution in [0.1, 0.15) is 0 Å². The van der Waals surface area contributed by atoms with Gasteiger partial charge in [0.05, 0.1) is 0 Å². The number of hydrogen-bond acceptors (Lipinski definition) is 3. The van der Waals surface area contributed by atoms with Gasteiger partial charge in [0, 0.05) is 12.1 Å². The zero-order chi connectivity index (χ0) is 10.5. The summed E-state index contributed by atoms with van der Waals surface area (Å²) in [6.07, 6.45) is 3.23. The van der Waals surface area contributed by atoms with Crippen molar-refractivity contribution in [2.45, 2.75) is 25.2 Å². The second-order valence-electron chi connectivity index (χ2n) is 3.44. The van der Waals surface area contributed by atoms with Crippen molar-refractivity contribution in [1.29, 1.82) is 0 Å². The average Bonchev–Trinajstić information content (AvgIpc) is 1.82. The van der Waals surface area contributed by atoms with E-state index in [-0.39, 0.29) is 0 Å². The maximum atomic E-state index is 9.76. The lowest BCUT2D eigenvalue weighted by molar-refractivity contribution is 0.314. The molecule has 2 unspecified atom stereocenters. The molecular formula is C8H18O3Si2. The van der Waals surface area contributed by atoms with Crippen molar-refractivity contribution in [3.8, 4) is 0 Å². The largest absolute Gasteiger partial charge is 0.414 e. The summed E-state index contributed by atoms with van der Waals surface area (Å²) in [7, 11) is -5.46. The van der Waals surface area contributed by atoms with Gasteiger partial charge in [-0.25, -0.2) is 0 Å². The first-order valence-corrected chi connectivity index (χ1v) is 9.32. The first-order valence-electron chi connectivity index (χ1n) is 4.20. The molecule has 0 aliphatic rings. The SMILES string of the molecule is C=CC[Si](C)(O)O[Si](C)(O)CC=C. The summed E-state index contributed by atoms with van der Waals surface area (Å²) in [6, 6.07) is 0.876. The van der Waals surface area contributed by atoms with Crippen LogP contribution in [0.2, 0.25) is 25.2 Å². The van der Waals surface area contributed by atoms with Crippen molar-refractivity contribution in [1.82, 2.24) is 0 Å². The molecule has 0 aromatic carbocycles. The van der Waals surface area contributed by atoms with Crippen LogP contribution in [0, 0.1) is 0 Å². The minimum absolute atomic E-state index is 0.438. The molecule has 0 aliphatic carbocycles. The molecule has 3 nitrogen and oxygen atoms in total. The molecule has 0 radical (unpaired) electrons. The van der Waals surface area contributed by atoms with Crippen LogP contribution in [0.4, 0.5) is 0 Å². The van der Waals surface area contributed by atoms with Crippen molar-refractivity contribution in [2.75, 3.05) is 0 Å². The molecule has 5 heteroatoms. The first-order chi connectivity index (χ1) is 5.83. The van der Waals surface area contributed by atoms with Gasteiger partial charge >= 0.3 is 17.1 Å². The zero-order valence-corrected chi connectivity index (χ0v) is 10.3. The molecule has 2 N–H and O–H groups in total. The van der Waals surface area contributed by atoms with Crippen LogP contribution in [-0.2, 0) is 4.12 Å². The molecule has 0 aromatic rings. The van der Waals surface area contributed by atoms with Crippen molar-refractivity contribution < 1.29 is 13.7 Å². The molecule has 2 atom stereocenters. The highest BCUT2D eigenvalue weighted by Crippen LogP contribution is 2.17. The first kappa shape index (κ1) is 12.8. The fraction of sp³-hybridized carbons (Fsp3) is 0.500. The van der Waals surface area contributed by atoms with Crippen LogP contribution >= 0.6 is 0 Å². The summed E-state index contributed by atoms with van der Waals surface area (Å²) in [5.74, 6) is 0. The van der Waals surface area contributed by atoms with Gasteiger partial charge in [-0.2, -0.15) is 0 Å². The number of hydrogen-bond donors (Lipinski definition) is 2. The molecule has 0 saturated heterocycles. The number of rotatable bonds is 6. The lowest BCUT2D eigenvalue weighted by Crippen LogP contribution is -2.48. The second kappa shape index (κ2) is 4.87. The van der Waals surface area contributed by atoms with Crippen LogP contribution in [0.15, 0.2) is 25.3 Å². The lowest BCUT2D eigenvalue weighted by atomic mass is 10.8. The summed E-state index contributed by atoms with van der Waals surface area (Å²) in [6.45, 7) is 10.4. The minimum atomic E-state index is -2.73. The third-order valence-electron chi connectivity index (χ3n) is 1.49. The Hall–Kier alpha value is -0.206. The van der Waals surface area contributed by atoms with Gasteiger partial charge in [-0.05, 0) is 13.1 Å². The highest BCUT2D eigenvalue weighted by Gasteiger charge is 2.36. The summed E-state index contributed by atoms with van der Waals surface area (Å²) in [5.41, 5.74) is 0. The Morgan fingerprint density at radius 1 is 1.08 bits per heavy atom. The third kappa shape index (κ3) is 5.95. The Bertz CT molecular complexity index is 170. The quantitative estimate of drug-likeness (QED) is 0.525. The van der Waals surface area contributed by atoms with Crippen molar-refractivity contribution in [3.05, 3.63) is 25.3 Å². The molecule has 0 fully saturated rings. The molecular weight excluding hydrogens is 200 g/mol. The third-order valence-corrected chi connectivity index (χ3v) is 7.10. The van der Waals surface area contributed by atoms with Gasteiger partial charge in [0.1, 0.15) is 0 Å². The van der Waals surface area contributed by atoms with Crippen LogP contribution in [0.3, 0.4) is 0 Å². The van der Waals surface area contributed by atoms with Gasteiger partial charge < -0.3 is 13.7 Å². The van der Waals surface area contributed by atoms with E-state index in [2.05, 4.69) is 13.2 Å². The maximum absolute atomic E-state index is 9.76. The van der Waals surface area contributed by atoms with Gasteiger partial charge in [-0.1, -0.05) is 12.2 Å². The fourth-order valence-electron chi connectivity index (χ4n) is 1.09. The lowest BCUT2D eigenvalue weighted by Gasteiger charge is -2.28. The fourth-order valence-corrected chi connectivity index (χ4v) is 6.62. The summed E-state index contributed by atoms with van der Waals surface area (Å²) < 4.78 is 5.35. The molecule has 13 heavy (non-hydrogen) atoms. The summed E-state index contributed by atoms with van der Waals surface area (Å²) in [5, 5.41) is 0. The molecule has 0 saturated carbocycles. The molecule has 0 heterocycles. The monoisotopic (exact) mass is 218 g/mol. The summed E-state index contributed by atoms with van der Waals surface area (Å²) in [4.78, 5) is 19.5. The van der Waals surface area contributed by atoms with Crippen LogP contribution in [0.25, 0.3) is 0 Å². The van der Waals surface area contributed by atoms with Crippen LogP contribution in [-0.4, -0.2) is 26.7 Å². The van der Waals surface area contributed by atoms with Gasteiger partial charge in [-0.3, -0.25) is 0 Å². The Balaban J connectivity index is 4.22. The van der Waals surface area contributed by atoms with Crippen molar-refractivity contribution in [3.63, 3.8) is 0 Å². The van der Waals surface area contributed by atoms with E-state index in [0.29, 0.717) is 12.1 Å². The number of allylic oxidation sites excluding steroid dienone is 2. The topological polar surface area (TPSA) is 49.7 Å². The van der Waals surface area contributed by atoms with E-state index < -0.39 is 17.1 Å². The molecule has 0 bridgehead atoms. The van der Waals surface area contributed by atoms with E-state index in [1.165, 1.54) is 0 Å². The average molecular weight is 218 g/mol. The van der Waals surface area contributed by atoms with Crippen molar-refractivity contribution in [2.24, 2.45) is 0 Å². The van der Waals surface area contributed by atoms with Gasteiger partial charge in [0.25, 0.3) is 0 Å². The van der Waals surface area contributed by atoms with Gasteiger partial charge in [0.2, 0.25) is 0 Å². The Kier molecular flexibility index (Phi) is 4.79. The highest BCUT2D eigenvalue weighted by molar-refractivity contribution is 6.79. The Morgan fingerprint density at radius 3 is 1.62 bits per heavy atom. The predicted octanol–water partition coefficient (Wildman–Crippen LogP) is 1.50. The standard InChI is InChI=1S/C8H18O3Si2/c1-5-7-12(3,9)11-13(4,10)8-6-2/h5-6,9-10H,1-2,7-8H2,3-4H3. The van der Waals surface area contributed by atoms with E-state index in [1.807, 2.05) is 0 Å². The highest BCUT2D eigenvalue weighted by atomic mass is 28.5. The smallest absolute Gasteiger partial charge is 0.327 e. The van der Waals surface area contributed by atoms with E-state index in [1.54, 1.807) is 25.2 Å². The van der Waals surface area contributed by atoms with Gasteiger partial charge in [0.15, 0.2) is 0 Å². The van der Waals surface area contributed by atoms with Gasteiger partial charge in [-0.15, -0.1) is 13.2 Å².